The van der Waals surface area contributed by atoms with Gasteiger partial charge in [-0.2, -0.15) is 0 Å². The van der Waals surface area contributed by atoms with Crippen LogP contribution in [0.3, 0.4) is 0 Å². The molecular formula is C43H48N4O11. The predicted octanol–water partition coefficient (Wildman–Crippen LogP) is 4.34. The van der Waals surface area contributed by atoms with E-state index in [2.05, 4.69) is 14.9 Å². The number of piperidine rings is 6. The molecule has 58 heavy (non-hydrogen) atoms. The Hall–Kier alpha value is -5.54. The van der Waals surface area contributed by atoms with Crippen molar-refractivity contribution in [2.75, 3.05) is 27.9 Å². The Bertz CT molecular complexity index is 2200. The highest BCUT2D eigenvalue weighted by molar-refractivity contribution is 6.06. The Labute approximate surface area is 334 Å². The number of aromatic nitrogens is 2. The fraction of sp³-hybridized carbons (Fsp3) is 0.488. The smallest absolute Gasteiger partial charge is 0.340 e. The number of carbonyl (C=O) groups is 6. The third-order valence-electron chi connectivity index (χ3n) is 12.8. The van der Waals surface area contributed by atoms with Gasteiger partial charge in [0.1, 0.15) is 12.2 Å². The van der Waals surface area contributed by atoms with E-state index in [0.29, 0.717) is 49.7 Å². The first-order chi connectivity index (χ1) is 28.1. The topological polar surface area (TPSA) is 187 Å². The average Bonchev–Trinajstić information content (AvgIpc) is 3.86. The number of nitrogens with one attached hydrogen (secondary N) is 2. The van der Waals surface area contributed by atoms with Crippen molar-refractivity contribution in [2.45, 2.75) is 93.8 Å². The van der Waals surface area contributed by atoms with Crippen LogP contribution >= 0.6 is 0 Å². The first-order valence-corrected chi connectivity index (χ1v) is 19.9. The van der Waals surface area contributed by atoms with Crippen molar-refractivity contribution >= 4 is 57.4 Å². The average molecular weight is 797 g/mol. The van der Waals surface area contributed by atoms with Crippen molar-refractivity contribution in [3.63, 3.8) is 0 Å². The number of para-hydroxylation sites is 2. The number of nitrogens with zero attached hydrogens (tertiary/aromatic N) is 2. The van der Waals surface area contributed by atoms with E-state index in [0.717, 1.165) is 34.6 Å². The van der Waals surface area contributed by atoms with Crippen LogP contribution in [0.25, 0.3) is 21.8 Å². The Morgan fingerprint density at radius 2 is 1.10 bits per heavy atom. The molecule has 4 aromatic rings. The summed E-state index contributed by atoms with van der Waals surface area (Å²) in [5, 5.41) is 1.68. The molecule has 0 radical (unpaired) electrons. The first-order valence-electron chi connectivity index (χ1n) is 19.9. The van der Waals surface area contributed by atoms with E-state index < -0.39 is 12.0 Å². The number of hydrogen-bond donors (Lipinski definition) is 2. The fourth-order valence-corrected chi connectivity index (χ4v) is 10.2. The number of fused-ring (bicyclic) bond motifs is 5. The van der Waals surface area contributed by atoms with Gasteiger partial charge in [0.15, 0.2) is 11.8 Å². The highest BCUT2D eigenvalue weighted by atomic mass is 16.6. The van der Waals surface area contributed by atoms with E-state index >= 15 is 0 Å². The first kappa shape index (κ1) is 39.3. The lowest BCUT2D eigenvalue weighted by Crippen LogP contribution is -2.69. The van der Waals surface area contributed by atoms with Gasteiger partial charge in [-0.25, -0.2) is 14.4 Å². The van der Waals surface area contributed by atoms with Gasteiger partial charge in [0.05, 0.1) is 44.9 Å². The molecule has 6 saturated heterocycles. The number of methoxy groups -OCH3 is 3. The number of esters is 5. The van der Waals surface area contributed by atoms with Crippen LogP contribution in [0.2, 0.25) is 0 Å². The third-order valence-corrected chi connectivity index (χ3v) is 12.8. The summed E-state index contributed by atoms with van der Waals surface area (Å²) in [6.45, 7) is 0.169. The molecule has 8 heterocycles. The summed E-state index contributed by atoms with van der Waals surface area (Å²) >= 11 is 0. The molecule has 0 saturated carbocycles. The van der Waals surface area contributed by atoms with E-state index in [1.807, 2.05) is 53.4 Å². The summed E-state index contributed by atoms with van der Waals surface area (Å²) < 4.78 is 26.4. The van der Waals surface area contributed by atoms with Crippen molar-refractivity contribution in [2.24, 2.45) is 11.8 Å². The van der Waals surface area contributed by atoms with E-state index in [-0.39, 0.29) is 84.4 Å². The van der Waals surface area contributed by atoms with E-state index in [9.17, 15) is 28.8 Å². The fourth-order valence-electron chi connectivity index (χ4n) is 10.2. The number of ketones is 1. The molecule has 6 aliphatic rings. The van der Waals surface area contributed by atoms with Crippen LogP contribution in [0, 0.1) is 11.8 Å². The summed E-state index contributed by atoms with van der Waals surface area (Å²) in [7, 11) is 4.08. The van der Waals surface area contributed by atoms with Gasteiger partial charge < -0.3 is 33.7 Å². The molecule has 15 heteroatoms. The molecule has 6 bridgehead atoms. The lowest BCUT2D eigenvalue weighted by molar-refractivity contribution is -0.173. The number of hydrogen-bond acceptors (Lipinski definition) is 13. The zero-order chi connectivity index (χ0) is 40.7. The van der Waals surface area contributed by atoms with Gasteiger partial charge in [0.2, 0.25) is 0 Å². The van der Waals surface area contributed by atoms with Gasteiger partial charge in [-0.3, -0.25) is 24.2 Å². The summed E-state index contributed by atoms with van der Waals surface area (Å²) in [6, 6.07) is 14.5. The molecule has 306 valence electrons. The lowest BCUT2D eigenvalue weighted by Gasteiger charge is -2.56. The number of benzene rings is 2. The molecule has 6 aliphatic heterocycles. The molecule has 0 amide bonds. The Balaban J connectivity index is 0.000000162. The molecule has 10 rings (SSSR count). The van der Waals surface area contributed by atoms with E-state index in [1.165, 1.54) is 21.3 Å². The summed E-state index contributed by atoms with van der Waals surface area (Å²) in [5.74, 6) is -2.01. The lowest BCUT2D eigenvalue weighted by atomic mass is 9.69. The van der Waals surface area contributed by atoms with Gasteiger partial charge in [-0.1, -0.05) is 36.4 Å². The largest absolute Gasteiger partial charge is 0.469 e. The van der Waals surface area contributed by atoms with E-state index in [4.69, 9.17) is 23.7 Å². The maximum absolute atomic E-state index is 12.8. The van der Waals surface area contributed by atoms with Crippen LogP contribution < -0.4 is 0 Å². The number of H-pyrrole nitrogens is 2. The molecule has 5 unspecified atom stereocenters. The number of Topliss-reactive ketones (excluding diaryl/α,β-unsaturated/α-hetero) is 1. The number of aromatic amines is 2. The van der Waals surface area contributed by atoms with E-state index in [1.54, 1.807) is 12.4 Å². The molecule has 2 aromatic carbocycles. The summed E-state index contributed by atoms with van der Waals surface area (Å²) in [6.07, 6.45) is 7.89. The standard InChI is InChI=1S/C22H26N2O6.C21H22N2O5/c1-28-20(25)12-24-14-7-13(21(26)29-2)8-15(24)10-16(9-14)30-22(27)18-11-23-19-6-4-3-5-17(18)19;1-27-21(26)18-19(24)11-6-12-8-14(9-13(7-11)23(12)18)28-20(25)16-10-22-17-5-3-2-4-15(16)17/h3-6,11,13-16,23H,7-10,12H2,1-2H3;2-5,10-14,18,22H,6-9H2,1H3. The van der Waals surface area contributed by atoms with Gasteiger partial charge >= 0.3 is 29.8 Å². The summed E-state index contributed by atoms with van der Waals surface area (Å²) in [4.78, 5) is 84.5. The van der Waals surface area contributed by atoms with Crippen LogP contribution in [0.1, 0.15) is 72.1 Å². The van der Waals surface area contributed by atoms with Crippen LogP contribution in [0.4, 0.5) is 0 Å². The molecule has 6 fully saturated rings. The number of ether oxygens (including phenoxy) is 5. The van der Waals surface area contributed by atoms with Crippen molar-refractivity contribution < 1.29 is 52.5 Å². The summed E-state index contributed by atoms with van der Waals surface area (Å²) in [5.41, 5.74) is 2.84. The highest BCUT2D eigenvalue weighted by Gasteiger charge is 2.57. The second-order valence-corrected chi connectivity index (χ2v) is 16.0. The van der Waals surface area contributed by atoms with Gasteiger partial charge in [-0.15, -0.1) is 0 Å². The van der Waals surface area contributed by atoms with Crippen molar-refractivity contribution in [3.8, 4) is 0 Å². The zero-order valence-corrected chi connectivity index (χ0v) is 32.7. The minimum absolute atomic E-state index is 0.0198. The Morgan fingerprint density at radius 3 is 1.59 bits per heavy atom. The van der Waals surface area contributed by atoms with Crippen LogP contribution in [-0.4, -0.2) is 126 Å². The van der Waals surface area contributed by atoms with Crippen molar-refractivity contribution in [1.82, 2.24) is 19.8 Å². The van der Waals surface area contributed by atoms with Crippen molar-refractivity contribution in [3.05, 3.63) is 72.1 Å². The maximum Gasteiger partial charge on any atom is 0.340 e. The molecular weight excluding hydrogens is 748 g/mol. The van der Waals surface area contributed by atoms with Crippen molar-refractivity contribution in [1.29, 1.82) is 0 Å². The van der Waals surface area contributed by atoms with Crippen LogP contribution in [-0.2, 0) is 42.9 Å². The molecule has 2 aromatic heterocycles. The molecule has 0 spiro atoms. The van der Waals surface area contributed by atoms with Crippen LogP contribution in [0.5, 0.6) is 0 Å². The Morgan fingerprint density at radius 1 is 0.621 bits per heavy atom. The Kier molecular flexibility index (Phi) is 11.1. The second-order valence-electron chi connectivity index (χ2n) is 16.0. The molecule has 15 nitrogen and oxygen atoms in total. The minimum Gasteiger partial charge on any atom is -0.469 e. The number of carbonyl (C=O) groups excluding carboxylic acids is 6. The van der Waals surface area contributed by atoms with Gasteiger partial charge in [0.25, 0.3) is 0 Å². The zero-order valence-electron chi connectivity index (χ0n) is 32.7. The van der Waals surface area contributed by atoms with Gasteiger partial charge in [0, 0.05) is 90.0 Å². The highest BCUT2D eigenvalue weighted by Crippen LogP contribution is 2.45. The predicted molar refractivity (Wildman–Crippen MR) is 207 cm³/mol. The maximum atomic E-state index is 12.8. The minimum atomic E-state index is -0.794. The molecule has 2 N–H and O–H groups in total. The quantitative estimate of drug-likeness (QED) is 0.146. The molecule has 0 aliphatic carbocycles. The number of rotatable bonds is 8. The van der Waals surface area contributed by atoms with Gasteiger partial charge in [-0.05, 0) is 37.8 Å². The SMILES string of the molecule is COC(=O)C1C(=O)C2CC3CC(OC(=O)c4c[nH]c5ccccc45)CC(C2)N31.COC(=O)CN1C2CC(OC(=O)c3c[nH]c4ccccc34)CC1CC(C(=O)OC)C2. The third kappa shape index (κ3) is 7.48. The van der Waals surface area contributed by atoms with Crippen LogP contribution in [0.15, 0.2) is 60.9 Å². The normalized spacial score (nSPS) is 29.8. The monoisotopic (exact) mass is 796 g/mol. The second kappa shape index (κ2) is 16.4. The molecule has 5 atom stereocenters.